The summed E-state index contributed by atoms with van der Waals surface area (Å²) in [6, 6.07) is 5.33. The van der Waals surface area contributed by atoms with E-state index >= 15 is 0 Å². The molecule has 3 nitrogen and oxygen atoms in total. The zero-order valence-corrected chi connectivity index (χ0v) is 8.82. The van der Waals surface area contributed by atoms with Crippen LogP contribution in [0.2, 0.25) is 0 Å². The normalized spacial score (nSPS) is 11.3. The van der Waals surface area contributed by atoms with Gasteiger partial charge in [0, 0.05) is 0 Å². The molecule has 0 atom stereocenters. The number of aryl methyl sites for hydroxylation is 2. The summed E-state index contributed by atoms with van der Waals surface area (Å²) in [4.78, 5) is 0. The third kappa shape index (κ3) is 2.90. The SMILES string of the molecule is Cc1cccc(C)c1OS(=O)(=O)Cl. The fourth-order valence-electron chi connectivity index (χ4n) is 1.03. The molecule has 1 aromatic carbocycles. The second-order valence-electron chi connectivity index (χ2n) is 2.70. The highest BCUT2D eigenvalue weighted by atomic mass is 35.7. The molecule has 0 unspecified atom stereocenters. The molecule has 1 rings (SSSR count). The van der Waals surface area contributed by atoms with Crippen LogP contribution in [0.15, 0.2) is 18.2 Å². The molecule has 0 fully saturated rings. The molecule has 0 aliphatic carbocycles. The Morgan fingerprint density at radius 2 is 1.69 bits per heavy atom. The third-order valence-electron chi connectivity index (χ3n) is 1.59. The van der Waals surface area contributed by atoms with Crippen LogP contribution in [0.1, 0.15) is 11.1 Å². The van der Waals surface area contributed by atoms with Crippen LogP contribution in [0.5, 0.6) is 5.75 Å². The first-order valence-corrected chi connectivity index (χ1v) is 5.84. The topological polar surface area (TPSA) is 43.4 Å². The lowest BCUT2D eigenvalue weighted by Crippen LogP contribution is -2.02. The van der Waals surface area contributed by atoms with Gasteiger partial charge in [-0.2, -0.15) is 8.42 Å². The van der Waals surface area contributed by atoms with Crippen molar-refractivity contribution in [3.63, 3.8) is 0 Å². The molecule has 72 valence electrons. The van der Waals surface area contributed by atoms with Gasteiger partial charge in [0.1, 0.15) is 5.75 Å². The fourth-order valence-corrected chi connectivity index (χ4v) is 1.68. The lowest BCUT2D eigenvalue weighted by atomic mass is 10.1. The van der Waals surface area contributed by atoms with Gasteiger partial charge in [0.05, 0.1) is 10.7 Å². The Labute approximate surface area is 81.9 Å². The monoisotopic (exact) mass is 220 g/mol. The number of hydrogen-bond donors (Lipinski definition) is 0. The Morgan fingerprint density at radius 3 is 2.08 bits per heavy atom. The number of halogens is 1. The van der Waals surface area contributed by atoms with Crippen LogP contribution in [-0.4, -0.2) is 8.42 Å². The third-order valence-corrected chi connectivity index (χ3v) is 2.15. The van der Waals surface area contributed by atoms with Gasteiger partial charge in [0.15, 0.2) is 0 Å². The van der Waals surface area contributed by atoms with Crippen LogP contribution in [0, 0.1) is 13.8 Å². The van der Waals surface area contributed by atoms with Crippen molar-refractivity contribution >= 4 is 20.0 Å². The van der Waals surface area contributed by atoms with E-state index in [1.807, 2.05) is 6.07 Å². The van der Waals surface area contributed by atoms with E-state index in [-0.39, 0.29) is 0 Å². The number of hydrogen-bond acceptors (Lipinski definition) is 3. The van der Waals surface area contributed by atoms with Crippen LogP contribution >= 0.6 is 10.7 Å². The second kappa shape index (κ2) is 3.55. The van der Waals surface area contributed by atoms with Crippen LogP contribution in [0.4, 0.5) is 0 Å². The zero-order chi connectivity index (χ0) is 10.1. The molecule has 0 aliphatic rings. The smallest absolute Gasteiger partial charge is 0.370 e. The molecule has 0 radical (unpaired) electrons. The van der Waals surface area contributed by atoms with Gasteiger partial charge in [-0.15, -0.1) is 0 Å². The summed E-state index contributed by atoms with van der Waals surface area (Å²) in [5.41, 5.74) is 1.48. The summed E-state index contributed by atoms with van der Waals surface area (Å²) in [7, 11) is 1.01. The van der Waals surface area contributed by atoms with E-state index in [2.05, 4.69) is 4.18 Å². The molecule has 0 heterocycles. The summed E-state index contributed by atoms with van der Waals surface area (Å²) < 4.78 is 25.9. The van der Waals surface area contributed by atoms with Crippen molar-refractivity contribution < 1.29 is 12.6 Å². The van der Waals surface area contributed by atoms with Crippen molar-refractivity contribution in [3.05, 3.63) is 29.3 Å². The predicted molar refractivity (Wildman–Crippen MR) is 51.3 cm³/mol. The Hall–Kier alpha value is -0.740. The van der Waals surface area contributed by atoms with Gasteiger partial charge in [-0.25, -0.2) is 0 Å². The summed E-state index contributed by atoms with van der Waals surface area (Å²) >= 11 is 0. The van der Waals surface area contributed by atoms with E-state index in [0.29, 0.717) is 5.75 Å². The van der Waals surface area contributed by atoms with Crippen molar-refractivity contribution in [2.24, 2.45) is 0 Å². The molecule has 0 saturated heterocycles. The van der Waals surface area contributed by atoms with Crippen molar-refractivity contribution in [2.45, 2.75) is 13.8 Å². The maximum atomic E-state index is 10.6. The van der Waals surface area contributed by atoms with Gasteiger partial charge >= 0.3 is 9.33 Å². The van der Waals surface area contributed by atoms with E-state index in [4.69, 9.17) is 10.7 Å². The molecule has 0 spiro atoms. The second-order valence-corrected chi connectivity index (χ2v) is 4.78. The highest BCUT2D eigenvalue weighted by molar-refractivity contribution is 8.10. The van der Waals surface area contributed by atoms with Crippen LogP contribution < -0.4 is 4.18 Å². The van der Waals surface area contributed by atoms with Crippen molar-refractivity contribution in [1.82, 2.24) is 0 Å². The average molecular weight is 221 g/mol. The molecule has 0 bridgehead atoms. The standard InChI is InChI=1S/C8H9ClO3S/c1-6-4-3-5-7(2)8(6)12-13(9,10)11/h3-5H,1-2H3. The van der Waals surface area contributed by atoms with E-state index in [1.165, 1.54) is 0 Å². The van der Waals surface area contributed by atoms with Crippen LogP contribution in [-0.2, 0) is 9.33 Å². The number of rotatable bonds is 2. The Balaban J connectivity index is 3.15. The molecule has 0 saturated carbocycles. The highest BCUT2D eigenvalue weighted by Crippen LogP contribution is 2.24. The van der Waals surface area contributed by atoms with E-state index < -0.39 is 9.33 Å². The minimum atomic E-state index is -3.95. The molecule has 0 aromatic heterocycles. The summed E-state index contributed by atoms with van der Waals surface area (Å²) in [6.07, 6.45) is 0. The van der Waals surface area contributed by atoms with Crippen molar-refractivity contribution in [2.75, 3.05) is 0 Å². The van der Waals surface area contributed by atoms with Crippen molar-refractivity contribution in [1.29, 1.82) is 0 Å². The summed E-state index contributed by atoms with van der Waals surface area (Å²) in [5.74, 6) is 0.303. The first-order valence-electron chi connectivity index (χ1n) is 3.60. The largest absolute Gasteiger partial charge is 0.401 e. The van der Waals surface area contributed by atoms with Gasteiger partial charge in [-0.3, -0.25) is 0 Å². The van der Waals surface area contributed by atoms with Gasteiger partial charge in [-0.1, -0.05) is 18.2 Å². The minimum Gasteiger partial charge on any atom is -0.370 e. The summed E-state index contributed by atoms with van der Waals surface area (Å²) in [6.45, 7) is 3.51. The maximum absolute atomic E-state index is 10.6. The lowest BCUT2D eigenvalue weighted by Gasteiger charge is -2.07. The summed E-state index contributed by atoms with van der Waals surface area (Å²) in [5, 5.41) is 0. The quantitative estimate of drug-likeness (QED) is 0.718. The Kier molecular flexibility index (Phi) is 2.83. The first-order chi connectivity index (χ1) is 5.90. The van der Waals surface area contributed by atoms with Gasteiger partial charge in [0.25, 0.3) is 0 Å². The molecule has 0 aliphatic heterocycles. The van der Waals surface area contributed by atoms with Gasteiger partial charge in [0.2, 0.25) is 0 Å². The number of benzene rings is 1. The number of para-hydroxylation sites is 1. The van der Waals surface area contributed by atoms with E-state index in [1.54, 1.807) is 26.0 Å². The molecular formula is C8H9ClO3S. The average Bonchev–Trinajstić information content (AvgIpc) is 1.95. The highest BCUT2D eigenvalue weighted by Gasteiger charge is 2.11. The zero-order valence-electron chi connectivity index (χ0n) is 7.24. The molecular weight excluding hydrogens is 212 g/mol. The maximum Gasteiger partial charge on any atom is 0.401 e. The predicted octanol–water partition coefficient (Wildman–Crippen LogP) is 2.17. The lowest BCUT2D eigenvalue weighted by molar-refractivity contribution is 0.499. The van der Waals surface area contributed by atoms with Gasteiger partial charge < -0.3 is 4.18 Å². The fraction of sp³-hybridized carbons (Fsp3) is 0.250. The minimum absolute atomic E-state index is 0.303. The van der Waals surface area contributed by atoms with Crippen LogP contribution in [0.3, 0.4) is 0 Å². The Morgan fingerprint density at radius 1 is 1.23 bits per heavy atom. The van der Waals surface area contributed by atoms with Gasteiger partial charge in [-0.05, 0) is 25.0 Å². The molecule has 5 heteroatoms. The van der Waals surface area contributed by atoms with E-state index in [0.717, 1.165) is 11.1 Å². The Bertz CT molecular complexity index is 391. The molecule has 1 aromatic rings. The van der Waals surface area contributed by atoms with Crippen molar-refractivity contribution in [3.8, 4) is 5.75 Å². The molecule has 0 N–H and O–H groups in total. The van der Waals surface area contributed by atoms with Crippen LogP contribution in [0.25, 0.3) is 0 Å². The molecule has 13 heavy (non-hydrogen) atoms. The van der Waals surface area contributed by atoms with E-state index in [9.17, 15) is 8.42 Å². The first kappa shape index (κ1) is 10.3. The molecule has 0 amide bonds.